The predicted molar refractivity (Wildman–Crippen MR) is 71.9 cm³/mol. The van der Waals surface area contributed by atoms with Crippen LogP contribution in [0.1, 0.15) is 0 Å². The molecule has 0 saturated heterocycles. The summed E-state index contributed by atoms with van der Waals surface area (Å²) in [5.74, 6) is 0.688. The second-order valence-electron chi connectivity index (χ2n) is 3.69. The van der Waals surface area contributed by atoms with Crippen LogP contribution in [0.2, 0.25) is 0 Å². The molecule has 0 aliphatic rings. The normalized spacial score (nSPS) is 10.2. The molecule has 2 aromatic carbocycles. The summed E-state index contributed by atoms with van der Waals surface area (Å²) >= 11 is 1.41. The van der Waals surface area contributed by atoms with Crippen molar-refractivity contribution < 1.29 is 14.8 Å². The lowest BCUT2D eigenvalue weighted by atomic mass is 10.3. The molecular weight excluding hydrogens is 266 g/mol. The molecule has 0 atom stereocenters. The first-order chi connectivity index (χ1) is 9.10. The number of nitro benzene ring substituents is 1. The Bertz CT molecular complexity index is 598. The van der Waals surface area contributed by atoms with Crippen molar-refractivity contribution in [1.82, 2.24) is 0 Å². The standard InChI is InChI=1S/C13H11NO4S/c1-18-12-8-10(15)4-7-13(12)19-11-5-2-9(3-6-11)14(16)17/h2-8,15H,1H3. The van der Waals surface area contributed by atoms with Gasteiger partial charge in [-0.05, 0) is 24.3 Å². The van der Waals surface area contributed by atoms with Crippen LogP contribution < -0.4 is 4.74 Å². The first-order valence-electron chi connectivity index (χ1n) is 5.39. The Kier molecular flexibility index (Phi) is 3.91. The van der Waals surface area contributed by atoms with Crippen LogP contribution in [-0.2, 0) is 0 Å². The second kappa shape index (κ2) is 5.62. The Balaban J connectivity index is 2.23. The highest BCUT2D eigenvalue weighted by molar-refractivity contribution is 7.99. The molecule has 0 aliphatic carbocycles. The highest BCUT2D eigenvalue weighted by atomic mass is 32.2. The molecule has 6 heteroatoms. The van der Waals surface area contributed by atoms with E-state index in [4.69, 9.17) is 4.74 Å². The van der Waals surface area contributed by atoms with Gasteiger partial charge >= 0.3 is 0 Å². The summed E-state index contributed by atoms with van der Waals surface area (Å²) in [5, 5.41) is 19.9. The van der Waals surface area contributed by atoms with E-state index in [1.54, 1.807) is 24.3 Å². The number of phenolic OH excluding ortho intramolecular Hbond substituents is 1. The molecule has 0 fully saturated rings. The molecule has 1 N–H and O–H groups in total. The molecule has 0 unspecified atom stereocenters. The van der Waals surface area contributed by atoms with Crippen LogP contribution in [0.3, 0.4) is 0 Å². The number of rotatable bonds is 4. The Morgan fingerprint density at radius 2 is 1.89 bits per heavy atom. The van der Waals surface area contributed by atoms with Crippen molar-refractivity contribution in [1.29, 1.82) is 0 Å². The number of hydrogen-bond acceptors (Lipinski definition) is 5. The Hall–Kier alpha value is -2.21. The summed E-state index contributed by atoms with van der Waals surface area (Å²) in [6, 6.07) is 11.1. The van der Waals surface area contributed by atoms with Gasteiger partial charge in [0.05, 0.1) is 16.9 Å². The van der Waals surface area contributed by atoms with E-state index in [9.17, 15) is 15.2 Å². The first kappa shape index (κ1) is 13.2. The fourth-order valence-corrected chi connectivity index (χ4v) is 2.41. The molecule has 0 saturated carbocycles. The maximum atomic E-state index is 10.6. The number of ether oxygens (including phenoxy) is 1. The Morgan fingerprint density at radius 3 is 2.47 bits per heavy atom. The van der Waals surface area contributed by atoms with Gasteiger partial charge in [-0.25, -0.2) is 0 Å². The molecule has 2 rings (SSSR count). The number of aromatic hydroxyl groups is 1. The zero-order valence-corrected chi connectivity index (χ0v) is 10.9. The van der Waals surface area contributed by atoms with Crippen LogP contribution in [0.5, 0.6) is 11.5 Å². The van der Waals surface area contributed by atoms with Crippen molar-refractivity contribution in [2.75, 3.05) is 7.11 Å². The summed E-state index contributed by atoms with van der Waals surface area (Å²) in [5.41, 5.74) is 0.0574. The van der Waals surface area contributed by atoms with Crippen molar-refractivity contribution in [2.24, 2.45) is 0 Å². The molecule has 0 aromatic heterocycles. The third-order valence-corrected chi connectivity index (χ3v) is 3.49. The third-order valence-electron chi connectivity index (χ3n) is 2.42. The van der Waals surface area contributed by atoms with Crippen LogP contribution in [0.15, 0.2) is 52.3 Å². The monoisotopic (exact) mass is 277 g/mol. The molecule has 98 valence electrons. The van der Waals surface area contributed by atoms with E-state index in [1.807, 2.05) is 0 Å². The van der Waals surface area contributed by atoms with Crippen LogP contribution >= 0.6 is 11.8 Å². The lowest BCUT2D eigenvalue weighted by Gasteiger charge is -2.08. The van der Waals surface area contributed by atoms with E-state index in [0.29, 0.717) is 5.75 Å². The average molecular weight is 277 g/mol. The van der Waals surface area contributed by atoms with E-state index in [-0.39, 0.29) is 11.4 Å². The van der Waals surface area contributed by atoms with Crippen molar-refractivity contribution in [3.05, 3.63) is 52.6 Å². The third kappa shape index (κ3) is 3.17. The molecule has 0 amide bonds. The van der Waals surface area contributed by atoms with Crippen molar-refractivity contribution in [3.8, 4) is 11.5 Å². The molecule has 0 aliphatic heterocycles. The molecule has 0 radical (unpaired) electrons. The molecular formula is C13H11NO4S. The lowest BCUT2D eigenvalue weighted by Crippen LogP contribution is -1.87. The quantitative estimate of drug-likeness (QED) is 0.684. The maximum absolute atomic E-state index is 10.6. The minimum atomic E-state index is -0.435. The second-order valence-corrected chi connectivity index (χ2v) is 4.80. The number of nitro groups is 1. The van der Waals surface area contributed by atoms with Gasteiger partial charge in [-0.3, -0.25) is 10.1 Å². The fraction of sp³-hybridized carbons (Fsp3) is 0.0769. The van der Waals surface area contributed by atoms with Gasteiger partial charge in [-0.2, -0.15) is 0 Å². The highest BCUT2D eigenvalue weighted by Gasteiger charge is 2.08. The summed E-state index contributed by atoms with van der Waals surface area (Å²) in [7, 11) is 1.52. The summed E-state index contributed by atoms with van der Waals surface area (Å²) < 4.78 is 5.17. The highest BCUT2D eigenvalue weighted by Crippen LogP contribution is 2.37. The number of hydrogen-bond donors (Lipinski definition) is 1. The van der Waals surface area contributed by atoms with Gasteiger partial charge in [0, 0.05) is 23.1 Å². The number of phenols is 1. The molecule has 0 spiro atoms. The fourth-order valence-electron chi connectivity index (χ4n) is 1.50. The van der Waals surface area contributed by atoms with E-state index in [0.717, 1.165) is 9.79 Å². The van der Waals surface area contributed by atoms with Gasteiger partial charge in [0.2, 0.25) is 0 Å². The largest absolute Gasteiger partial charge is 0.508 e. The topological polar surface area (TPSA) is 72.6 Å². The van der Waals surface area contributed by atoms with E-state index < -0.39 is 4.92 Å². The van der Waals surface area contributed by atoms with Crippen LogP contribution in [0.4, 0.5) is 5.69 Å². The number of nitrogens with zero attached hydrogens (tertiary/aromatic N) is 1. The van der Waals surface area contributed by atoms with E-state index >= 15 is 0 Å². The SMILES string of the molecule is COc1cc(O)ccc1Sc1ccc([N+](=O)[O-])cc1. The Labute approximate surface area is 114 Å². The molecule has 0 heterocycles. The Morgan fingerprint density at radius 1 is 1.21 bits per heavy atom. The lowest BCUT2D eigenvalue weighted by molar-refractivity contribution is -0.384. The zero-order valence-electron chi connectivity index (χ0n) is 10.1. The predicted octanol–water partition coefficient (Wildman–Crippen LogP) is 3.46. The van der Waals surface area contributed by atoms with Crippen LogP contribution in [0, 0.1) is 10.1 Å². The maximum Gasteiger partial charge on any atom is 0.269 e. The molecule has 5 nitrogen and oxygen atoms in total. The molecule has 2 aromatic rings. The van der Waals surface area contributed by atoms with Gasteiger partial charge in [-0.15, -0.1) is 0 Å². The van der Waals surface area contributed by atoms with Gasteiger partial charge in [0.15, 0.2) is 0 Å². The van der Waals surface area contributed by atoms with Gasteiger partial charge in [0.1, 0.15) is 11.5 Å². The van der Waals surface area contributed by atoms with Crippen molar-refractivity contribution in [2.45, 2.75) is 9.79 Å². The van der Waals surface area contributed by atoms with Crippen LogP contribution in [0.25, 0.3) is 0 Å². The number of methoxy groups -OCH3 is 1. The first-order valence-corrected chi connectivity index (χ1v) is 6.21. The van der Waals surface area contributed by atoms with E-state index in [1.165, 1.54) is 37.1 Å². The minimum absolute atomic E-state index is 0.0574. The van der Waals surface area contributed by atoms with E-state index in [2.05, 4.69) is 0 Å². The van der Waals surface area contributed by atoms with Gasteiger partial charge in [0.25, 0.3) is 5.69 Å². The summed E-state index contributed by atoms with van der Waals surface area (Å²) in [6.45, 7) is 0. The molecule has 19 heavy (non-hydrogen) atoms. The number of non-ortho nitro benzene ring substituents is 1. The summed E-state index contributed by atoms with van der Waals surface area (Å²) in [4.78, 5) is 11.8. The van der Waals surface area contributed by atoms with Gasteiger partial charge < -0.3 is 9.84 Å². The zero-order chi connectivity index (χ0) is 13.8. The minimum Gasteiger partial charge on any atom is -0.508 e. The smallest absolute Gasteiger partial charge is 0.269 e. The molecule has 0 bridgehead atoms. The van der Waals surface area contributed by atoms with Crippen LogP contribution in [-0.4, -0.2) is 17.1 Å². The van der Waals surface area contributed by atoms with Crippen molar-refractivity contribution in [3.63, 3.8) is 0 Å². The number of benzene rings is 2. The summed E-state index contributed by atoms with van der Waals surface area (Å²) in [6.07, 6.45) is 0. The average Bonchev–Trinajstić information content (AvgIpc) is 2.41. The van der Waals surface area contributed by atoms with Gasteiger partial charge in [-0.1, -0.05) is 11.8 Å². The van der Waals surface area contributed by atoms with Crippen molar-refractivity contribution >= 4 is 17.4 Å².